The minimum Gasteiger partial charge on any atom is -0.493 e. The van der Waals surface area contributed by atoms with Crippen LogP contribution in [0.25, 0.3) is 0 Å². The molecule has 7 nitrogen and oxygen atoms in total. The van der Waals surface area contributed by atoms with Crippen molar-refractivity contribution in [1.82, 2.24) is 10.2 Å². The second-order valence-corrected chi connectivity index (χ2v) is 9.21. The van der Waals surface area contributed by atoms with Crippen molar-refractivity contribution in [2.75, 3.05) is 55.1 Å². The molecule has 1 heterocycles. The first kappa shape index (κ1) is 24.2. The van der Waals surface area contributed by atoms with E-state index in [2.05, 4.69) is 29.4 Å². The minimum atomic E-state index is -0.174. The summed E-state index contributed by atoms with van der Waals surface area (Å²) in [6, 6.07) is 8.21. The Morgan fingerprint density at radius 3 is 2.12 bits per heavy atom. The minimum absolute atomic E-state index is 0.0996. The third kappa shape index (κ3) is 4.80. The van der Waals surface area contributed by atoms with Crippen molar-refractivity contribution in [2.45, 2.75) is 37.5 Å². The number of methoxy groups -OCH3 is 4. The van der Waals surface area contributed by atoms with E-state index in [0.717, 1.165) is 61.4 Å². The van der Waals surface area contributed by atoms with Gasteiger partial charge in [0.2, 0.25) is 5.91 Å². The van der Waals surface area contributed by atoms with Crippen molar-refractivity contribution in [3.05, 3.63) is 46.5 Å². The predicted octanol–water partition coefficient (Wildman–Crippen LogP) is 3.53. The van der Waals surface area contributed by atoms with Gasteiger partial charge in [0.15, 0.2) is 23.0 Å². The molecule has 2 aromatic rings. The largest absolute Gasteiger partial charge is 0.493 e. The molecule has 34 heavy (non-hydrogen) atoms. The van der Waals surface area contributed by atoms with E-state index >= 15 is 0 Å². The Morgan fingerprint density at radius 2 is 1.47 bits per heavy atom. The average Bonchev–Trinajstić information content (AvgIpc) is 2.99. The van der Waals surface area contributed by atoms with Gasteiger partial charge in [-0.1, -0.05) is 0 Å². The Balaban J connectivity index is 1.37. The van der Waals surface area contributed by atoms with Crippen LogP contribution in [0.3, 0.4) is 0 Å². The summed E-state index contributed by atoms with van der Waals surface area (Å²) in [5, 5.41) is 3.08. The van der Waals surface area contributed by atoms with Crippen molar-refractivity contribution in [3.63, 3.8) is 0 Å². The molecule has 1 amide bonds. The normalized spacial score (nSPS) is 18.8. The van der Waals surface area contributed by atoms with Gasteiger partial charge in [-0.2, -0.15) is 0 Å². The summed E-state index contributed by atoms with van der Waals surface area (Å²) >= 11 is 0. The first-order valence-corrected chi connectivity index (χ1v) is 11.9. The molecule has 1 unspecified atom stereocenters. The number of likely N-dealkylation sites (N-methyl/N-ethyl adjacent to an activating group) is 1. The quantitative estimate of drug-likeness (QED) is 0.575. The Kier molecular flexibility index (Phi) is 7.51. The Morgan fingerprint density at radius 1 is 0.882 bits per heavy atom. The first-order chi connectivity index (χ1) is 16.5. The number of benzene rings is 2. The zero-order valence-corrected chi connectivity index (χ0v) is 20.9. The number of carbonyl (C=O) groups is 1. The van der Waals surface area contributed by atoms with Gasteiger partial charge in [0.05, 0.1) is 34.4 Å². The van der Waals surface area contributed by atoms with Gasteiger partial charge >= 0.3 is 0 Å². The van der Waals surface area contributed by atoms with Gasteiger partial charge in [-0.3, -0.25) is 4.79 Å². The molecule has 4 rings (SSSR count). The van der Waals surface area contributed by atoms with E-state index in [1.807, 2.05) is 12.1 Å². The number of ether oxygens (including phenoxy) is 4. The van der Waals surface area contributed by atoms with Crippen LogP contribution >= 0.6 is 0 Å². The van der Waals surface area contributed by atoms with Crippen molar-refractivity contribution in [1.29, 1.82) is 0 Å². The molecule has 0 saturated carbocycles. The SMILES string of the molecule is COc1cc2c(cc1OC)C(CCCN(C)C[C@H]1Cc3cc(OC)c(OC)cc31)C(=O)NCC2. The maximum atomic E-state index is 12.9. The highest BCUT2D eigenvalue weighted by Gasteiger charge is 2.30. The van der Waals surface area contributed by atoms with E-state index in [-0.39, 0.29) is 11.8 Å². The Labute approximate surface area is 202 Å². The lowest BCUT2D eigenvalue weighted by Gasteiger charge is -2.34. The van der Waals surface area contributed by atoms with Crippen LogP contribution in [-0.2, 0) is 17.6 Å². The molecule has 0 spiro atoms. The second kappa shape index (κ2) is 10.6. The zero-order valence-electron chi connectivity index (χ0n) is 20.9. The monoisotopic (exact) mass is 468 g/mol. The molecule has 7 heteroatoms. The summed E-state index contributed by atoms with van der Waals surface area (Å²) in [6.45, 7) is 2.57. The molecular formula is C27H36N2O5. The average molecular weight is 469 g/mol. The molecule has 184 valence electrons. The van der Waals surface area contributed by atoms with Crippen LogP contribution in [0.1, 0.15) is 46.9 Å². The van der Waals surface area contributed by atoms with E-state index in [9.17, 15) is 4.79 Å². The summed E-state index contributed by atoms with van der Waals surface area (Å²) in [5.41, 5.74) is 4.91. The Bertz CT molecular complexity index is 1040. The molecule has 2 aromatic carbocycles. The summed E-state index contributed by atoms with van der Waals surface area (Å²) in [4.78, 5) is 15.2. The Hall–Kier alpha value is -2.93. The van der Waals surface area contributed by atoms with Crippen LogP contribution < -0.4 is 24.3 Å². The molecule has 1 aliphatic heterocycles. The standard InChI is InChI=1S/C27H36N2O5/c1-29(16-19-11-18-13-24(32-3)25(33-4)14-21(18)19)10-6-7-20-22-15-26(34-5)23(31-2)12-17(22)8-9-28-27(20)30/h12-15,19-20H,6-11,16H2,1-5H3,(H,28,30)/t19-,20?/m1/s1. The summed E-state index contributed by atoms with van der Waals surface area (Å²) in [6.07, 6.45) is 3.59. The molecule has 0 radical (unpaired) electrons. The highest BCUT2D eigenvalue weighted by atomic mass is 16.5. The zero-order chi connectivity index (χ0) is 24.2. The number of rotatable bonds is 10. The fourth-order valence-electron chi connectivity index (χ4n) is 5.28. The van der Waals surface area contributed by atoms with Crippen molar-refractivity contribution in [3.8, 4) is 23.0 Å². The third-order valence-electron chi connectivity index (χ3n) is 7.15. The number of hydrogen-bond acceptors (Lipinski definition) is 6. The van der Waals surface area contributed by atoms with Crippen molar-refractivity contribution < 1.29 is 23.7 Å². The van der Waals surface area contributed by atoms with Gasteiger partial charge in [0.1, 0.15) is 0 Å². The maximum absolute atomic E-state index is 12.9. The van der Waals surface area contributed by atoms with Crippen LogP contribution in [0.2, 0.25) is 0 Å². The molecular weight excluding hydrogens is 432 g/mol. The molecule has 2 atom stereocenters. The van der Waals surface area contributed by atoms with Crippen molar-refractivity contribution in [2.24, 2.45) is 0 Å². The van der Waals surface area contributed by atoms with E-state index in [0.29, 0.717) is 24.0 Å². The fraction of sp³-hybridized carbons (Fsp3) is 0.519. The van der Waals surface area contributed by atoms with Crippen LogP contribution in [0, 0.1) is 0 Å². The van der Waals surface area contributed by atoms with Gasteiger partial charge in [-0.25, -0.2) is 0 Å². The number of hydrogen-bond donors (Lipinski definition) is 1. The van der Waals surface area contributed by atoms with E-state index in [4.69, 9.17) is 18.9 Å². The highest BCUT2D eigenvalue weighted by molar-refractivity contribution is 5.85. The molecule has 2 aliphatic rings. The van der Waals surface area contributed by atoms with Crippen LogP contribution in [0.5, 0.6) is 23.0 Å². The van der Waals surface area contributed by atoms with Gasteiger partial charge in [-0.05, 0) is 85.8 Å². The molecule has 1 N–H and O–H groups in total. The van der Waals surface area contributed by atoms with E-state index < -0.39 is 0 Å². The fourth-order valence-corrected chi connectivity index (χ4v) is 5.28. The summed E-state index contributed by atoms with van der Waals surface area (Å²) < 4.78 is 21.9. The smallest absolute Gasteiger partial charge is 0.227 e. The number of nitrogens with one attached hydrogen (secondary N) is 1. The molecule has 0 bridgehead atoms. The molecule has 1 aliphatic carbocycles. The highest BCUT2D eigenvalue weighted by Crippen LogP contribution is 2.42. The number of carbonyl (C=O) groups excluding carboxylic acids is 1. The second-order valence-electron chi connectivity index (χ2n) is 9.21. The lowest BCUT2D eigenvalue weighted by molar-refractivity contribution is -0.122. The van der Waals surface area contributed by atoms with Crippen LogP contribution in [0.15, 0.2) is 24.3 Å². The van der Waals surface area contributed by atoms with Gasteiger partial charge in [0.25, 0.3) is 0 Å². The first-order valence-electron chi connectivity index (χ1n) is 11.9. The van der Waals surface area contributed by atoms with E-state index in [1.165, 1.54) is 11.1 Å². The molecule has 0 fully saturated rings. The van der Waals surface area contributed by atoms with E-state index in [1.54, 1.807) is 28.4 Å². The molecule has 0 saturated heterocycles. The maximum Gasteiger partial charge on any atom is 0.227 e. The van der Waals surface area contributed by atoms with Crippen LogP contribution in [-0.4, -0.2) is 65.9 Å². The van der Waals surface area contributed by atoms with Gasteiger partial charge < -0.3 is 29.2 Å². The number of amides is 1. The number of fused-ring (bicyclic) bond motifs is 2. The lowest BCUT2D eigenvalue weighted by Crippen LogP contribution is -2.32. The predicted molar refractivity (Wildman–Crippen MR) is 132 cm³/mol. The summed E-state index contributed by atoms with van der Waals surface area (Å²) in [5.74, 6) is 3.40. The molecule has 0 aromatic heterocycles. The van der Waals surface area contributed by atoms with Crippen molar-refractivity contribution >= 4 is 5.91 Å². The van der Waals surface area contributed by atoms with Gasteiger partial charge in [-0.15, -0.1) is 0 Å². The lowest BCUT2D eigenvalue weighted by atomic mass is 9.77. The topological polar surface area (TPSA) is 69.3 Å². The third-order valence-corrected chi connectivity index (χ3v) is 7.15. The number of nitrogens with zero attached hydrogens (tertiary/aromatic N) is 1. The van der Waals surface area contributed by atoms with Crippen LogP contribution in [0.4, 0.5) is 0 Å². The van der Waals surface area contributed by atoms with Gasteiger partial charge in [0, 0.05) is 19.0 Å². The summed E-state index contributed by atoms with van der Waals surface area (Å²) in [7, 11) is 8.79.